The van der Waals surface area contributed by atoms with Gasteiger partial charge in [-0.2, -0.15) is 0 Å². The molecular weight excluding hydrogens is 210 g/mol. The first-order valence-corrected chi connectivity index (χ1v) is 4.78. The number of carboxylic acid groups (broad SMARTS) is 2. The minimum atomic E-state index is -1.19. The third kappa shape index (κ3) is 3.06. The summed E-state index contributed by atoms with van der Waals surface area (Å²) in [6, 6.07) is 7.30. The van der Waals surface area contributed by atoms with Crippen molar-refractivity contribution >= 4 is 11.9 Å². The van der Waals surface area contributed by atoms with Gasteiger partial charge < -0.3 is 15.9 Å². The fourth-order valence-electron chi connectivity index (χ4n) is 1.42. The maximum atomic E-state index is 11.0. The van der Waals surface area contributed by atoms with Crippen LogP contribution in [0.1, 0.15) is 17.9 Å². The van der Waals surface area contributed by atoms with Gasteiger partial charge >= 0.3 is 11.9 Å². The molecule has 0 amide bonds. The number of hydrogen-bond donors (Lipinski definition) is 3. The molecule has 0 saturated heterocycles. The van der Waals surface area contributed by atoms with Crippen molar-refractivity contribution in [2.24, 2.45) is 5.73 Å². The lowest BCUT2D eigenvalue weighted by atomic mass is 9.92. The Morgan fingerprint density at radius 1 is 1.12 bits per heavy atom. The normalized spacial score (nSPS) is 14.1. The molecule has 0 saturated carbocycles. The van der Waals surface area contributed by atoms with Crippen molar-refractivity contribution in [3.05, 3.63) is 35.9 Å². The third-order valence-electron chi connectivity index (χ3n) is 2.31. The number of benzene rings is 1. The van der Waals surface area contributed by atoms with Crippen LogP contribution in [-0.2, 0) is 9.59 Å². The minimum Gasteiger partial charge on any atom is -0.481 e. The Morgan fingerprint density at radius 3 is 2.12 bits per heavy atom. The van der Waals surface area contributed by atoms with Gasteiger partial charge in [0, 0.05) is 0 Å². The van der Waals surface area contributed by atoms with Crippen LogP contribution in [0.15, 0.2) is 30.3 Å². The van der Waals surface area contributed by atoms with Gasteiger partial charge in [-0.3, -0.25) is 9.59 Å². The van der Waals surface area contributed by atoms with E-state index in [-0.39, 0.29) is 6.42 Å². The highest BCUT2D eigenvalue weighted by molar-refractivity contribution is 5.79. The van der Waals surface area contributed by atoms with Gasteiger partial charge in [0.25, 0.3) is 0 Å². The molecule has 1 aromatic rings. The smallest absolute Gasteiger partial charge is 0.320 e. The summed E-state index contributed by atoms with van der Waals surface area (Å²) in [6.45, 7) is 0. The van der Waals surface area contributed by atoms with Crippen LogP contribution in [0.25, 0.3) is 0 Å². The molecule has 5 heteroatoms. The Hall–Kier alpha value is -1.88. The highest BCUT2D eigenvalue weighted by Crippen LogP contribution is 2.20. The molecule has 0 aliphatic rings. The molecule has 0 spiro atoms. The van der Waals surface area contributed by atoms with Gasteiger partial charge in [-0.1, -0.05) is 30.3 Å². The van der Waals surface area contributed by atoms with Crippen LogP contribution < -0.4 is 5.73 Å². The molecule has 0 aromatic heterocycles. The largest absolute Gasteiger partial charge is 0.481 e. The fourth-order valence-corrected chi connectivity index (χ4v) is 1.42. The molecule has 86 valence electrons. The lowest BCUT2D eigenvalue weighted by molar-refractivity contribution is -0.141. The Labute approximate surface area is 92.5 Å². The Bertz CT molecular complexity index is 377. The molecule has 16 heavy (non-hydrogen) atoms. The van der Waals surface area contributed by atoms with Crippen molar-refractivity contribution < 1.29 is 19.8 Å². The number of carboxylic acids is 2. The fraction of sp³-hybridized carbons (Fsp3) is 0.273. The number of hydrogen-bond acceptors (Lipinski definition) is 3. The third-order valence-corrected chi connectivity index (χ3v) is 2.31. The number of rotatable bonds is 5. The van der Waals surface area contributed by atoms with Crippen molar-refractivity contribution in [3.63, 3.8) is 0 Å². The summed E-state index contributed by atoms with van der Waals surface area (Å²) in [5, 5.41) is 17.7. The zero-order valence-corrected chi connectivity index (χ0v) is 8.54. The van der Waals surface area contributed by atoms with Crippen molar-refractivity contribution in [1.29, 1.82) is 0 Å². The van der Waals surface area contributed by atoms with Gasteiger partial charge in [0.15, 0.2) is 0 Å². The van der Waals surface area contributed by atoms with E-state index < -0.39 is 23.9 Å². The molecule has 0 radical (unpaired) electrons. The lowest BCUT2D eigenvalue weighted by Crippen LogP contribution is -2.33. The zero-order valence-electron chi connectivity index (χ0n) is 8.54. The molecule has 4 N–H and O–H groups in total. The molecule has 0 aliphatic carbocycles. The van der Waals surface area contributed by atoms with E-state index in [9.17, 15) is 9.59 Å². The maximum absolute atomic E-state index is 11.0. The van der Waals surface area contributed by atoms with E-state index in [2.05, 4.69) is 0 Å². The second kappa shape index (κ2) is 5.27. The van der Waals surface area contributed by atoms with E-state index >= 15 is 0 Å². The molecule has 0 heterocycles. The molecule has 0 bridgehead atoms. The van der Waals surface area contributed by atoms with Crippen LogP contribution in [0.5, 0.6) is 0 Å². The summed E-state index contributed by atoms with van der Waals surface area (Å²) in [7, 11) is 0. The summed E-state index contributed by atoms with van der Waals surface area (Å²) in [4.78, 5) is 21.6. The number of carbonyl (C=O) groups is 2. The average molecular weight is 223 g/mol. The van der Waals surface area contributed by atoms with Crippen molar-refractivity contribution in [2.75, 3.05) is 0 Å². The highest BCUT2D eigenvalue weighted by atomic mass is 16.4. The number of aliphatic carboxylic acids is 2. The molecule has 5 nitrogen and oxygen atoms in total. The van der Waals surface area contributed by atoms with Gasteiger partial charge in [0.2, 0.25) is 0 Å². The van der Waals surface area contributed by atoms with Gasteiger partial charge in [-0.15, -0.1) is 0 Å². The molecule has 0 fully saturated rings. The first-order valence-electron chi connectivity index (χ1n) is 4.78. The maximum Gasteiger partial charge on any atom is 0.320 e. The van der Waals surface area contributed by atoms with Gasteiger partial charge in [0.1, 0.15) is 6.04 Å². The highest BCUT2D eigenvalue weighted by Gasteiger charge is 2.25. The van der Waals surface area contributed by atoms with Crippen LogP contribution in [0, 0.1) is 0 Å². The van der Waals surface area contributed by atoms with Crippen molar-refractivity contribution in [2.45, 2.75) is 18.4 Å². The van der Waals surface area contributed by atoms with Crippen molar-refractivity contribution in [1.82, 2.24) is 0 Å². The molecular formula is C11H13NO4. The molecule has 0 aliphatic heterocycles. The van der Waals surface area contributed by atoms with Gasteiger partial charge in [-0.05, 0) is 12.0 Å². The Balaban J connectivity index is 2.85. The Morgan fingerprint density at radius 2 is 1.69 bits per heavy atom. The monoisotopic (exact) mass is 223 g/mol. The molecule has 1 aromatic carbocycles. The summed E-state index contributed by atoms with van der Waals surface area (Å²) in [5.41, 5.74) is 5.89. The average Bonchev–Trinajstić information content (AvgIpc) is 2.26. The van der Waals surface area contributed by atoms with E-state index in [4.69, 9.17) is 15.9 Å². The quantitative estimate of drug-likeness (QED) is 0.680. The molecule has 1 rings (SSSR count). The van der Waals surface area contributed by atoms with Gasteiger partial charge in [-0.25, -0.2) is 0 Å². The van der Waals surface area contributed by atoms with Crippen LogP contribution in [-0.4, -0.2) is 28.2 Å². The van der Waals surface area contributed by atoms with E-state index in [0.717, 1.165) is 0 Å². The van der Waals surface area contributed by atoms with Crippen LogP contribution in [0.3, 0.4) is 0 Å². The van der Waals surface area contributed by atoms with Crippen LogP contribution in [0.4, 0.5) is 0 Å². The minimum absolute atomic E-state index is 0.116. The van der Waals surface area contributed by atoms with Crippen LogP contribution in [0.2, 0.25) is 0 Å². The first-order chi connectivity index (χ1) is 7.52. The van der Waals surface area contributed by atoms with Gasteiger partial charge in [0.05, 0.1) is 5.92 Å². The van der Waals surface area contributed by atoms with E-state index in [1.807, 2.05) is 0 Å². The predicted octanol–water partition coefficient (Wildman–Crippen LogP) is 0.657. The molecule has 0 unspecified atom stereocenters. The van der Waals surface area contributed by atoms with Crippen molar-refractivity contribution in [3.8, 4) is 0 Å². The second-order valence-corrected chi connectivity index (χ2v) is 3.48. The first kappa shape index (κ1) is 12.2. The van der Waals surface area contributed by atoms with E-state index in [1.165, 1.54) is 0 Å². The van der Waals surface area contributed by atoms with Crippen LogP contribution >= 0.6 is 0 Å². The topological polar surface area (TPSA) is 101 Å². The summed E-state index contributed by atoms with van der Waals surface area (Å²) in [5.74, 6) is -3.14. The molecule has 2 atom stereocenters. The second-order valence-electron chi connectivity index (χ2n) is 3.48. The summed E-state index contributed by atoms with van der Waals surface area (Å²) >= 11 is 0. The van der Waals surface area contributed by atoms with E-state index in [0.29, 0.717) is 5.56 Å². The Kier molecular flexibility index (Phi) is 4.02. The SMILES string of the molecule is N[C@H](C[C@H](C(=O)O)c1ccccc1)C(=O)O. The number of nitrogens with two attached hydrogens (primary N) is 1. The standard InChI is InChI=1S/C11H13NO4/c12-9(11(15)16)6-8(10(13)14)7-4-2-1-3-5-7/h1-5,8-9H,6,12H2,(H,13,14)(H,15,16)/t8-,9+/m0/s1. The lowest BCUT2D eigenvalue weighted by Gasteiger charge is -2.14. The predicted molar refractivity (Wildman–Crippen MR) is 57.0 cm³/mol. The van der Waals surface area contributed by atoms with E-state index in [1.54, 1.807) is 30.3 Å². The summed E-state index contributed by atoms with van der Waals surface area (Å²) < 4.78 is 0. The zero-order chi connectivity index (χ0) is 12.1. The summed E-state index contributed by atoms with van der Waals surface area (Å²) in [6.07, 6.45) is -0.116.